The molecule has 3 aromatic carbocycles. The van der Waals surface area contributed by atoms with Crippen LogP contribution < -0.4 is 0 Å². The molecule has 0 saturated heterocycles. The van der Waals surface area contributed by atoms with Gasteiger partial charge in [0.2, 0.25) is 5.89 Å². The van der Waals surface area contributed by atoms with E-state index in [0.29, 0.717) is 5.89 Å². The zero-order chi connectivity index (χ0) is 14.1. The molecule has 0 aliphatic rings. The van der Waals surface area contributed by atoms with Gasteiger partial charge in [0, 0.05) is 11.1 Å². The van der Waals surface area contributed by atoms with Crippen molar-refractivity contribution in [2.45, 2.75) is 0 Å². The number of benzene rings is 3. The van der Waals surface area contributed by atoms with E-state index in [-0.39, 0.29) is 0 Å². The normalized spacial score (nSPS) is 10.9. The molecule has 0 fully saturated rings. The van der Waals surface area contributed by atoms with E-state index in [1.807, 2.05) is 48.5 Å². The monoisotopic (exact) mass is 271 g/mol. The summed E-state index contributed by atoms with van der Waals surface area (Å²) in [6, 6.07) is 24.5. The lowest BCUT2D eigenvalue weighted by atomic mass is 10.0. The Morgan fingerprint density at radius 2 is 1.48 bits per heavy atom. The summed E-state index contributed by atoms with van der Waals surface area (Å²) >= 11 is 0. The van der Waals surface area contributed by atoms with Crippen molar-refractivity contribution < 1.29 is 4.42 Å². The fourth-order valence-electron chi connectivity index (χ4n) is 2.55. The summed E-state index contributed by atoms with van der Waals surface area (Å²) in [4.78, 5) is 4.40. The van der Waals surface area contributed by atoms with Gasteiger partial charge >= 0.3 is 0 Å². The van der Waals surface area contributed by atoms with Crippen LogP contribution in [0.4, 0.5) is 0 Å². The molecule has 100 valence electrons. The highest BCUT2D eigenvalue weighted by Crippen LogP contribution is 2.31. The summed E-state index contributed by atoms with van der Waals surface area (Å²) in [7, 11) is 0. The van der Waals surface area contributed by atoms with Gasteiger partial charge in [0.05, 0.1) is 6.20 Å². The van der Waals surface area contributed by atoms with E-state index in [1.54, 1.807) is 6.20 Å². The van der Waals surface area contributed by atoms with Gasteiger partial charge < -0.3 is 4.42 Å². The van der Waals surface area contributed by atoms with Gasteiger partial charge in [0.1, 0.15) is 0 Å². The predicted molar refractivity (Wildman–Crippen MR) is 84.9 cm³/mol. The maximum atomic E-state index is 5.95. The van der Waals surface area contributed by atoms with Crippen LogP contribution in [0.5, 0.6) is 0 Å². The Hall–Kier alpha value is -2.87. The third kappa shape index (κ3) is 2.11. The van der Waals surface area contributed by atoms with E-state index in [2.05, 4.69) is 29.2 Å². The predicted octanol–water partition coefficient (Wildman–Crippen LogP) is 5.16. The number of nitrogens with zero attached hydrogens (tertiary/aromatic N) is 1. The lowest BCUT2D eigenvalue weighted by molar-refractivity contribution is 0.589. The largest absolute Gasteiger partial charge is 0.436 e. The smallest absolute Gasteiger partial charge is 0.226 e. The molecule has 0 unspecified atom stereocenters. The summed E-state index contributed by atoms with van der Waals surface area (Å²) in [5, 5.41) is 2.38. The molecule has 1 heterocycles. The highest BCUT2D eigenvalue weighted by molar-refractivity contribution is 5.95. The van der Waals surface area contributed by atoms with Crippen molar-refractivity contribution in [1.82, 2.24) is 4.98 Å². The quantitative estimate of drug-likeness (QED) is 0.503. The number of hydrogen-bond donors (Lipinski definition) is 0. The van der Waals surface area contributed by atoms with Crippen LogP contribution in [-0.4, -0.2) is 4.98 Å². The van der Waals surface area contributed by atoms with E-state index >= 15 is 0 Å². The minimum absolute atomic E-state index is 0.651. The van der Waals surface area contributed by atoms with Crippen molar-refractivity contribution in [2.24, 2.45) is 0 Å². The zero-order valence-corrected chi connectivity index (χ0v) is 11.4. The van der Waals surface area contributed by atoms with Crippen LogP contribution in [0, 0.1) is 0 Å². The van der Waals surface area contributed by atoms with Crippen LogP contribution in [0.2, 0.25) is 0 Å². The Labute approximate surface area is 122 Å². The van der Waals surface area contributed by atoms with Crippen LogP contribution in [0.25, 0.3) is 33.6 Å². The Balaban J connectivity index is 1.85. The second-order valence-electron chi connectivity index (χ2n) is 4.92. The molecule has 0 amide bonds. The van der Waals surface area contributed by atoms with Crippen LogP contribution in [0.15, 0.2) is 83.4 Å². The molecule has 2 nitrogen and oxygen atoms in total. The van der Waals surface area contributed by atoms with Crippen LogP contribution >= 0.6 is 0 Å². The van der Waals surface area contributed by atoms with Gasteiger partial charge in [0.25, 0.3) is 0 Å². The third-order valence-electron chi connectivity index (χ3n) is 3.58. The Kier molecular flexibility index (Phi) is 2.79. The van der Waals surface area contributed by atoms with Gasteiger partial charge in [-0.25, -0.2) is 4.98 Å². The first-order valence-electron chi connectivity index (χ1n) is 6.91. The van der Waals surface area contributed by atoms with Gasteiger partial charge in [0.15, 0.2) is 5.76 Å². The minimum Gasteiger partial charge on any atom is -0.436 e. The lowest BCUT2D eigenvalue weighted by Gasteiger charge is -2.03. The molecule has 0 atom stereocenters. The van der Waals surface area contributed by atoms with E-state index in [4.69, 9.17) is 4.42 Å². The van der Waals surface area contributed by atoms with Crippen molar-refractivity contribution in [3.63, 3.8) is 0 Å². The molecular formula is C19H13NO. The van der Waals surface area contributed by atoms with E-state index in [9.17, 15) is 0 Å². The van der Waals surface area contributed by atoms with Crippen molar-refractivity contribution >= 4 is 10.8 Å². The first-order chi connectivity index (χ1) is 10.4. The van der Waals surface area contributed by atoms with E-state index < -0.39 is 0 Å². The second-order valence-corrected chi connectivity index (χ2v) is 4.92. The summed E-state index contributed by atoms with van der Waals surface area (Å²) in [6.45, 7) is 0. The number of oxazole rings is 1. The van der Waals surface area contributed by atoms with E-state index in [0.717, 1.165) is 16.9 Å². The molecule has 0 bridgehead atoms. The number of rotatable bonds is 2. The van der Waals surface area contributed by atoms with Crippen molar-refractivity contribution in [3.05, 3.63) is 79.0 Å². The Morgan fingerprint density at radius 3 is 2.38 bits per heavy atom. The lowest BCUT2D eigenvalue weighted by Crippen LogP contribution is -1.78. The van der Waals surface area contributed by atoms with Crippen molar-refractivity contribution in [3.8, 4) is 22.8 Å². The molecule has 4 aromatic rings. The van der Waals surface area contributed by atoms with Gasteiger partial charge in [-0.1, -0.05) is 60.7 Å². The number of hydrogen-bond acceptors (Lipinski definition) is 2. The number of aromatic nitrogens is 1. The van der Waals surface area contributed by atoms with Crippen LogP contribution in [0.3, 0.4) is 0 Å². The molecule has 0 saturated carbocycles. The van der Waals surface area contributed by atoms with E-state index in [1.165, 1.54) is 10.8 Å². The van der Waals surface area contributed by atoms with Crippen LogP contribution in [0.1, 0.15) is 0 Å². The maximum Gasteiger partial charge on any atom is 0.226 e. The molecule has 1 aromatic heterocycles. The zero-order valence-electron chi connectivity index (χ0n) is 11.4. The highest BCUT2D eigenvalue weighted by Gasteiger charge is 2.10. The van der Waals surface area contributed by atoms with Gasteiger partial charge in [-0.2, -0.15) is 0 Å². The Morgan fingerprint density at radius 1 is 0.714 bits per heavy atom. The fourth-order valence-corrected chi connectivity index (χ4v) is 2.55. The summed E-state index contributed by atoms with van der Waals surface area (Å²) in [6.07, 6.45) is 1.80. The van der Waals surface area contributed by atoms with Gasteiger partial charge in [-0.3, -0.25) is 0 Å². The summed E-state index contributed by atoms with van der Waals surface area (Å²) in [5.74, 6) is 1.45. The molecule has 0 spiro atoms. The van der Waals surface area contributed by atoms with Gasteiger partial charge in [-0.15, -0.1) is 0 Å². The first-order valence-corrected chi connectivity index (χ1v) is 6.91. The molecule has 0 N–H and O–H groups in total. The average Bonchev–Trinajstić information content (AvgIpc) is 3.05. The molecule has 4 rings (SSSR count). The standard InChI is InChI=1S/C19H13NO/c1-2-8-15(9-3-1)19-20-13-18(21-19)17-12-6-10-14-7-4-5-11-16(14)17/h1-13H. The minimum atomic E-state index is 0.651. The SMILES string of the molecule is c1ccc(-c2ncc(-c3cccc4ccccc34)o2)cc1. The fraction of sp³-hybridized carbons (Fsp3) is 0. The first kappa shape index (κ1) is 11.9. The average molecular weight is 271 g/mol. The number of fused-ring (bicyclic) bond motifs is 1. The summed E-state index contributed by atoms with van der Waals surface area (Å²) < 4.78 is 5.95. The molecule has 0 aliphatic heterocycles. The van der Waals surface area contributed by atoms with Crippen molar-refractivity contribution in [2.75, 3.05) is 0 Å². The molecule has 0 radical (unpaired) electrons. The van der Waals surface area contributed by atoms with Crippen molar-refractivity contribution in [1.29, 1.82) is 0 Å². The molecular weight excluding hydrogens is 258 g/mol. The van der Waals surface area contributed by atoms with Gasteiger partial charge in [-0.05, 0) is 22.9 Å². The Bertz CT molecular complexity index is 888. The molecule has 21 heavy (non-hydrogen) atoms. The molecule has 2 heteroatoms. The summed E-state index contributed by atoms with van der Waals surface area (Å²) in [5.41, 5.74) is 2.06. The second kappa shape index (κ2) is 4.91. The van der Waals surface area contributed by atoms with Crippen LogP contribution in [-0.2, 0) is 0 Å². The molecule has 0 aliphatic carbocycles. The maximum absolute atomic E-state index is 5.95. The topological polar surface area (TPSA) is 26.0 Å². The third-order valence-corrected chi connectivity index (χ3v) is 3.58. The highest BCUT2D eigenvalue weighted by atomic mass is 16.4.